The number of carbonyl (C=O) groups excluding carboxylic acids is 2. The Morgan fingerprint density at radius 2 is 1.75 bits per heavy atom. The maximum Gasteiger partial charge on any atom is 0.262 e. The second-order valence-corrected chi connectivity index (χ2v) is 10.9. The van der Waals surface area contributed by atoms with Crippen molar-refractivity contribution < 1.29 is 19.1 Å². The highest BCUT2D eigenvalue weighted by Gasteiger charge is 2.25. The van der Waals surface area contributed by atoms with E-state index in [-0.39, 0.29) is 24.5 Å². The van der Waals surface area contributed by atoms with Crippen LogP contribution < -0.4 is 20.3 Å². The van der Waals surface area contributed by atoms with Gasteiger partial charge in [-0.3, -0.25) is 9.59 Å². The van der Waals surface area contributed by atoms with Gasteiger partial charge in [0, 0.05) is 42.6 Å². The number of hydrogen-bond donors (Lipinski definition) is 2. The summed E-state index contributed by atoms with van der Waals surface area (Å²) in [4.78, 5) is 28.3. The number of carbonyl (C=O) groups is 2. The number of rotatable bonds is 10. The van der Waals surface area contributed by atoms with E-state index in [1.807, 2.05) is 12.1 Å². The van der Waals surface area contributed by atoms with Crippen LogP contribution in [0.5, 0.6) is 5.75 Å². The molecule has 1 unspecified atom stereocenters. The molecule has 0 bridgehead atoms. The highest BCUT2D eigenvalue weighted by atomic mass is 35.5. The zero-order valence-corrected chi connectivity index (χ0v) is 23.4. The molecule has 3 aromatic rings. The Hall–Kier alpha value is -3.55. The molecule has 2 fully saturated rings. The van der Waals surface area contributed by atoms with Gasteiger partial charge >= 0.3 is 0 Å². The lowest BCUT2D eigenvalue weighted by Crippen LogP contribution is -2.37. The first kappa shape index (κ1) is 28.0. The molecule has 0 radical (unpaired) electrons. The minimum absolute atomic E-state index is 0.0500. The Bertz CT molecular complexity index is 1270. The van der Waals surface area contributed by atoms with E-state index in [9.17, 15) is 9.59 Å². The van der Waals surface area contributed by atoms with Gasteiger partial charge in [0.05, 0.1) is 11.7 Å². The van der Waals surface area contributed by atoms with Gasteiger partial charge < -0.3 is 25.0 Å². The normalized spacial score (nSPS) is 17.4. The summed E-state index contributed by atoms with van der Waals surface area (Å²) in [6.07, 6.45) is 5.22. The molecule has 2 aliphatic heterocycles. The van der Waals surface area contributed by atoms with Crippen molar-refractivity contribution in [3.05, 3.63) is 88.9 Å². The molecule has 7 nitrogen and oxygen atoms in total. The Labute approximate surface area is 240 Å². The lowest BCUT2D eigenvalue weighted by molar-refractivity contribution is -0.118. The molecule has 0 aromatic heterocycles. The van der Waals surface area contributed by atoms with Crippen LogP contribution in [0.2, 0.25) is 5.02 Å². The van der Waals surface area contributed by atoms with Crippen LogP contribution in [-0.4, -0.2) is 50.8 Å². The van der Waals surface area contributed by atoms with E-state index in [0.29, 0.717) is 34.5 Å². The van der Waals surface area contributed by atoms with Crippen molar-refractivity contribution in [1.82, 2.24) is 5.32 Å². The van der Waals surface area contributed by atoms with E-state index < -0.39 is 0 Å². The molecule has 5 rings (SSSR count). The van der Waals surface area contributed by atoms with Gasteiger partial charge in [-0.2, -0.15) is 0 Å². The van der Waals surface area contributed by atoms with E-state index in [4.69, 9.17) is 21.1 Å². The zero-order chi connectivity index (χ0) is 27.7. The SMILES string of the molecule is O=C(COc1ccc(Cl)cc1)Nc1ccc(N2CCC(Cc3ccccc3)CC2)c(C(=O)NCC2CCCO2)c1. The lowest BCUT2D eigenvalue weighted by Gasteiger charge is -2.35. The molecule has 1 atom stereocenters. The van der Waals surface area contributed by atoms with Crippen molar-refractivity contribution >= 4 is 34.8 Å². The van der Waals surface area contributed by atoms with Crippen molar-refractivity contribution in [2.45, 2.75) is 38.2 Å². The summed E-state index contributed by atoms with van der Waals surface area (Å²) in [6, 6.07) is 23.0. The third-order valence-corrected chi connectivity index (χ3v) is 7.80. The molecule has 0 aliphatic carbocycles. The monoisotopic (exact) mass is 561 g/mol. The van der Waals surface area contributed by atoms with Crippen molar-refractivity contribution in [1.29, 1.82) is 0 Å². The number of anilines is 2. The van der Waals surface area contributed by atoms with Gasteiger partial charge in [-0.25, -0.2) is 0 Å². The number of amides is 2. The van der Waals surface area contributed by atoms with Gasteiger partial charge in [-0.05, 0) is 86.1 Å². The summed E-state index contributed by atoms with van der Waals surface area (Å²) in [7, 11) is 0. The predicted molar refractivity (Wildman–Crippen MR) is 158 cm³/mol. The fraction of sp³-hybridized carbons (Fsp3) is 0.375. The first-order valence-corrected chi connectivity index (χ1v) is 14.4. The number of benzene rings is 3. The van der Waals surface area contributed by atoms with Gasteiger partial charge in [0.25, 0.3) is 11.8 Å². The molecule has 3 aromatic carbocycles. The van der Waals surface area contributed by atoms with Crippen LogP contribution in [-0.2, 0) is 16.0 Å². The third kappa shape index (κ3) is 7.77. The Balaban J connectivity index is 1.24. The van der Waals surface area contributed by atoms with Crippen molar-refractivity contribution in [2.24, 2.45) is 5.92 Å². The molecule has 2 amide bonds. The van der Waals surface area contributed by atoms with E-state index in [2.05, 4.69) is 45.9 Å². The van der Waals surface area contributed by atoms with Gasteiger partial charge in [0.15, 0.2) is 6.61 Å². The fourth-order valence-corrected chi connectivity index (χ4v) is 5.51. The summed E-state index contributed by atoms with van der Waals surface area (Å²) in [5.41, 5.74) is 3.36. The molecule has 210 valence electrons. The number of ether oxygens (including phenoxy) is 2. The number of nitrogens with zero attached hydrogens (tertiary/aromatic N) is 1. The van der Waals surface area contributed by atoms with E-state index in [1.54, 1.807) is 30.3 Å². The highest BCUT2D eigenvalue weighted by Crippen LogP contribution is 2.30. The van der Waals surface area contributed by atoms with E-state index in [1.165, 1.54) is 5.56 Å². The van der Waals surface area contributed by atoms with Crippen LogP contribution in [0.4, 0.5) is 11.4 Å². The number of halogens is 1. The van der Waals surface area contributed by atoms with Crippen molar-refractivity contribution in [2.75, 3.05) is 43.1 Å². The maximum absolute atomic E-state index is 13.4. The zero-order valence-electron chi connectivity index (χ0n) is 22.6. The molecule has 2 N–H and O–H groups in total. The summed E-state index contributed by atoms with van der Waals surface area (Å²) in [5, 5.41) is 6.52. The minimum atomic E-state index is -0.310. The van der Waals surface area contributed by atoms with E-state index >= 15 is 0 Å². The molecule has 2 saturated heterocycles. The third-order valence-electron chi connectivity index (χ3n) is 7.55. The van der Waals surface area contributed by atoms with Crippen LogP contribution in [0.1, 0.15) is 41.6 Å². The maximum atomic E-state index is 13.4. The molecular weight excluding hydrogens is 526 g/mol. The second-order valence-electron chi connectivity index (χ2n) is 10.5. The first-order valence-electron chi connectivity index (χ1n) is 14.0. The van der Waals surface area contributed by atoms with Crippen molar-refractivity contribution in [3.63, 3.8) is 0 Å². The number of piperidine rings is 1. The average Bonchev–Trinajstić information content (AvgIpc) is 3.51. The summed E-state index contributed by atoms with van der Waals surface area (Å²) < 4.78 is 11.3. The van der Waals surface area contributed by atoms with Crippen LogP contribution >= 0.6 is 11.6 Å². The second kappa shape index (κ2) is 13.7. The summed E-state index contributed by atoms with van der Waals surface area (Å²) >= 11 is 5.91. The predicted octanol–water partition coefficient (Wildman–Crippen LogP) is 5.73. The Morgan fingerprint density at radius 1 is 0.975 bits per heavy atom. The largest absolute Gasteiger partial charge is 0.484 e. The molecule has 40 heavy (non-hydrogen) atoms. The average molecular weight is 562 g/mol. The van der Waals surface area contributed by atoms with Gasteiger partial charge in [0.2, 0.25) is 0 Å². The van der Waals surface area contributed by atoms with Gasteiger partial charge in [0.1, 0.15) is 5.75 Å². The molecule has 8 heteroatoms. The Kier molecular flexibility index (Phi) is 9.58. The summed E-state index contributed by atoms with van der Waals surface area (Å²) in [6.45, 7) is 2.82. The lowest BCUT2D eigenvalue weighted by atomic mass is 9.89. The van der Waals surface area contributed by atoms with Crippen LogP contribution in [0.25, 0.3) is 0 Å². The van der Waals surface area contributed by atoms with Gasteiger partial charge in [-0.1, -0.05) is 41.9 Å². The smallest absolute Gasteiger partial charge is 0.262 e. The molecule has 2 heterocycles. The first-order chi connectivity index (χ1) is 19.5. The topological polar surface area (TPSA) is 79.9 Å². The number of hydrogen-bond acceptors (Lipinski definition) is 5. The van der Waals surface area contributed by atoms with Crippen LogP contribution in [0.15, 0.2) is 72.8 Å². The van der Waals surface area contributed by atoms with Crippen LogP contribution in [0.3, 0.4) is 0 Å². The highest BCUT2D eigenvalue weighted by molar-refractivity contribution is 6.30. The quantitative estimate of drug-likeness (QED) is 0.331. The molecular formula is C32H36ClN3O4. The minimum Gasteiger partial charge on any atom is -0.484 e. The van der Waals surface area contributed by atoms with Gasteiger partial charge in [-0.15, -0.1) is 0 Å². The van der Waals surface area contributed by atoms with Crippen molar-refractivity contribution in [3.8, 4) is 5.75 Å². The standard InChI is InChI=1S/C32H36ClN3O4/c33-25-8-11-27(12-9-25)40-22-31(37)35-26-10-13-30(29(20-26)32(38)34-21-28-7-4-18-39-28)36-16-14-24(15-17-36)19-23-5-2-1-3-6-23/h1-3,5-6,8-13,20,24,28H,4,7,14-19,21-22H2,(H,34,38)(H,35,37). The molecule has 0 spiro atoms. The fourth-order valence-electron chi connectivity index (χ4n) is 5.38. The van der Waals surface area contributed by atoms with Crippen LogP contribution in [0, 0.1) is 5.92 Å². The summed E-state index contributed by atoms with van der Waals surface area (Å²) in [5.74, 6) is 0.704. The molecule has 0 saturated carbocycles. The molecule has 2 aliphatic rings. The number of nitrogens with one attached hydrogen (secondary N) is 2. The van der Waals surface area contributed by atoms with E-state index in [0.717, 1.165) is 57.5 Å². The Morgan fingerprint density at radius 3 is 2.48 bits per heavy atom.